The molecule has 0 bridgehead atoms. The molecule has 0 heterocycles. The van der Waals surface area contributed by atoms with Crippen LogP contribution in [-0.2, 0) is 5.31 Å². The van der Waals surface area contributed by atoms with E-state index in [2.05, 4.69) is 36.4 Å². The summed E-state index contributed by atoms with van der Waals surface area (Å²) in [5.41, 5.74) is 3.28. The van der Waals surface area contributed by atoms with E-state index in [1.54, 1.807) is 0 Å². The Bertz CT molecular complexity index is 579. The Morgan fingerprint density at radius 1 is 0.417 bits per heavy atom. The molecule has 0 saturated carbocycles. The lowest BCUT2D eigenvalue weighted by Crippen LogP contribution is -2.29. The van der Waals surface area contributed by atoms with Gasteiger partial charge in [-0.3, -0.25) is 18.8 Å². The molecule has 0 atom stereocenters. The number of hydrogen-bond donors (Lipinski definition) is 0. The molecular formula is C19H19BF4. The van der Waals surface area contributed by atoms with E-state index in [9.17, 15) is 0 Å². The molecule has 0 saturated heterocycles. The quantitative estimate of drug-likeness (QED) is 0.368. The van der Waals surface area contributed by atoms with Crippen LogP contribution in [0.15, 0.2) is 91.0 Å². The standard InChI is InChI=1S/C19H15B.4FH/c20-19(16-10-4-1-5-11-16,17-12-6-2-7-13-17)18-14-8-3-9-15-18;;;;/h1-15H;4*1H. The molecule has 0 aliphatic carbocycles. The van der Waals surface area contributed by atoms with E-state index >= 15 is 0 Å². The molecule has 0 aliphatic heterocycles. The van der Waals surface area contributed by atoms with Crippen LogP contribution >= 0.6 is 0 Å². The van der Waals surface area contributed by atoms with Crippen LogP contribution in [0.4, 0.5) is 18.8 Å². The summed E-state index contributed by atoms with van der Waals surface area (Å²) in [7, 11) is 6.86. The average Bonchev–Trinajstić information content (AvgIpc) is 2.56. The van der Waals surface area contributed by atoms with Gasteiger partial charge in [-0.15, -0.1) is 0 Å². The van der Waals surface area contributed by atoms with Crippen LogP contribution in [-0.4, -0.2) is 7.85 Å². The van der Waals surface area contributed by atoms with Crippen molar-refractivity contribution in [1.29, 1.82) is 0 Å². The lowest BCUT2D eigenvalue weighted by atomic mass is 9.56. The Hall–Kier alpha value is -2.56. The first-order valence-electron chi connectivity index (χ1n) is 6.77. The number of halogens is 4. The zero-order valence-electron chi connectivity index (χ0n) is 12.9. The molecular weight excluding hydrogens is 315 g/mol. The van der Waals surface area contributed by atoms with Crippen molar-refractivity contribution in [3.05, 3.63) is 108 Å². The number of benzene rings is 3. The van der Waals surface area contributed by atoms with E-state index in [-0.39, 0.29) is 18.8 Å². The molecule has 0 fully saturated rings. The Balaban J connectivity index is 0. The van der Waals surface area contributed by atoms with Gasteiger partial charge in [-0.2, -0.15) is 0 Å². The molecule has 0 amide bonds. The maximum atomic E-state index is 6.86. The fourth-order valence-electron chi connectivity index (χ4n) is 2.60. The minimum atomic E-state index is -0.621. The predicted molar refractivity (Wildman–Crippen MR) is 95.0 cm³/mol. The van der Waals surface area contributed by atoms with Gasteiger partial charge in [-0.25, -0.2) is 0 Å². The first kappa shape index (κ1) is 23.7. The van der Waals surface area contributed by atoms with Crippen LogP contribution in [0.25, 0.3) is 0 Å². The fraction of sp³-hybridized carbons (Fsp3) is 0.0526. The van der Waals surface area contributed by atoms with Crippen LogP contribution in [0.2, 0.25) is 0 Å². The smallest absolute Gasteiger partial charge is 0.0940 e. The summed E-state index contributed by atoms with van der Waals surface area (Å²) < 4.78 is 0. The molecule has 126 valence electrons. The van der Waals surface area contributed by atoms with E-state index in [0.717, 1.165) is 16.7 Å². The minimum absolute atomic E-state index is 0. The summed E-state index contributed by atoms with van der Waals surface area (Å²) in [4.78, 5) is 0. The van der Waals surface area contributed by atoms with Crippen LogP contribution in [0, 0.1) is 0 Å². The molecule has 0 aromatic heterocycles. The van der Waals surface area contributed by atoms with Gasteiger partial charge in [0.2, 0.25) is 0 Å². The first-order valence-corrected chi connectivity index (χ1v) is 6.77. The zero-order chi connectivity index (χ0) is 13.8. The highest BCUT2D eigenvalue weighted by molar-refractivity contribution is 6.20. The van der Waals surface area contributed by atoms with Gasteiger partial charge >= 0.3 is 0 Å². The summed E-state index contributed by atoms with van der Waals surface area (Å²) in [5, 5.41) is -0.621. The van der Waals surface area contributed by atoms with Gasteiger partial charge in [-0.1, -0.05) is 91.0 Å². The van der Waals surface area contributed by atoms with Crippen molar-refractivity contribution >= 4 is 7.85 Å². The SMILES string of the molecule is F.F.F.F.[B]C(c1ccccc1)(c1ccccc1)c1ccccc1. The van der Waals surface area contributed by atoms with E-state index < -0.39 is 5.31 Å². The van der Waals surface area contributed by atoms with Gasteiger partial charge in [-0.05, 0) is 16.7 Å². The largest absolute Gasteiger partial charge is 0.269 e. The van der Waals surface area contributed by atoms with Crippen molar-refractivity contribution in [2.45, 2.75) is 5.31 Å². The Kier molecular flexibility index (Phi) is 10.1. The summed E-state index contributed by atoms with van der Waals surface area (Å²) in [6, 6.07) is 30.7. The lowest BCUT2D eigenvalue weighted by molar-refractivity contribution is 0.877. The maximum Gasteiger partial charge on any atom is 0.0940 e. The Labute approximate surface area is 140 Å². The first-order chi connectivity index (χ1) is 9.82. The molecule has 0 spiro atoms. The number of hydrogen-bond acceptors (Lipinski definition) is 0. The van der Waals surface area contributed by atoms with Crippen molar-refractivity contribution in [3.8, 4) is 0 Å². The van der Waals surface area contributed by atoms with Gasteiger partial charge in [0.1, 0.15) is 0 Å². The van der Waals surface area contributed by atoms with Crippen molar-refractivity contribution in [1.82, 2.24) is 0 Å². The molecule has 0 nitrogen and oxygen atoms in total. The Morgan fingerprint density at radius 2 is 0.625 bits per heavy atom. The molecule has 5 heteroatoms. The Morgan fingerprint density at radius 3 is 0.833 bits per heavy atom. The summed E-state index contributed by atoms with van der Waals surface area (Å²) >= 11 is 0. The van der Waals surface area contributed by atoms with Crippen molar-refractivity contribution < 1.29 is 18.8 Å². The molecule has 2 radical (unpaired) electrons. The topological polar surface area (TPSA) is 0 Å². The second-order valence-electron chi connectivity index (χ2n) is 4.91. The maximum absolute atomic E-state index is 6.86. The van der Waals surface area contributed by atoms with Crippen LogP contribution < -0.4 is 0 Å². The van der Waals surface area contributed by atoms with Crippen molar-refractivity contribution in [2.75, 3.05) is 0 Å². The van der Waals surface area contributed by atoms with Crippen molar-refractivity contribution in [2.24, 2.45) is 0 Å². The van der Waals surface area contributed by atoms with Crippen LogP contribution in [0.3, 0.4) is 0 Å². The van der Waals surface area contributed by atoms with Crippen LogP contribution in [0.1, 0.15) is 16.7 Å². The molecule has 3 aromatic carbocycles. The van der Waals surface area contributed by atoms with E-state index in [4.69, 9.17) is 7.85 Å². The second-order valence-corrected chi connectivity index (χ2v) is 4.91. The van der Waals surface area contributed by atoms with Crippen molar-refractivity contribution in [3.63, 3.8) is 0 Å². The zero-order valence-corrected chi connectivity index (χ0v) is 12.9. The minimum Gasteiger partial charge on any atom is -0.269 e. The summed E-state index contributed by atoms with van der Waals surface area (Å²) in [6.45, 7) is 0. The third kappa shape index (κ3) is 4.25. The summed E-state index contributed by atoms with van der Waals surface area (Å²) in [6.07, 6.45) is 0. The van der Waals surface area contributed by atoms with Gasteiger partial charge in [0.15, 0.2) is 0 Å². The lowest BCUT2D eigenvalue weighted by Gasteiger charge is -2.32. The molecule has 3 aromatic rings. The highest BCUT2D eigenvalue weighted by atomic mass is 19.0. The molecule has 0 N–H and O–H groups in total. The van der Waals surface area contributed by atoms with E-state index in [0.29, 0.717) is 0 Å². The van der Waals surface area contributed by atoms with Gasteiger partial charge < -0.3 is 0 Å². The van der Waals surface area contributed by atoms with Crippen LogP contribution in [0.5, 0.6) is 0 Å². The van der Waals surface area contributed by atoms with Gasteiger partial charge in [0.25, 0.3) is 0 Å². The van der Waals surface area contributed by atoms with Gasteiger partial charge in [0.05, 0.1) is 7.85 Å². The molecule has 0 aliphatic rings. The molecule has 24 heavy (non-hydrogen) atoms. The third-order valence-electron chi connectivity index (χ3n) is 3.69. The highest BCUT2D eigenvalue weighted by Gasteiger charge is 2.29. The average molecular weight is 334 g/mol. The molecule has 0 unspecified atom stereocenters. The fourth-order valence-corrected chi connectivity index (χ4v) is 2.60. The normalized spacial score (nSPS) is 9.33. The summed E-state index contributed by atoms with van der Waals surface area (Å²) in [5.74, 6) is 0. The molecule has 3 rings (SSSR count). The third-order valence-corrected chi connectivity index (χ3v) is 3.69. The monoisotopic (exact) mass is 334 g/mol. The number of rotatable bonds is 3. The predicted octanol–water partition coefficient (Wildman–Crippen LogP) is 4.76. The van der Waals surface area contributed by atoms with E-state index in [1.165, 1.54) is 0 Å². The van der Waals surface area contributed by atoms with Gasteiger partial charge in [0, 0.05) is 5.31 Å². The highest BCUT2D eigenvalue weighted by Crippen LogP contribution is 2.35. The van der Waals surface area contributed by atoms with E-state index in [1.807, 2.05) is 54.6 Å². The second kappa shape index (κ2) is 10.3.